The lowest BCUT2D eigenvalue weighted by molar-refractivity contribution is -0.119. The van der Waals surface area contributed by atoms with E-state index in [0.717, 1.165) is 42.9 Å². The van der Waals surface area contributed by atoms with Crippen molar-refractivity contribution in [2.75, 3.05) is 36.6 Å². The number of carbonyl (C=O) groups is 1. The fraction of sp³-hybridized carbons (Fsp3) is 0.435. The SMILES string of the molecule is COc1ccc(N2CCC(NC(=O)CS(=O)(=O)CCCc3ccccc3)CC2)cc1. The first-order valence-electron chi connectivity index (χ1n) is 10.4. The number of rotatable bonds is 9. The maximum absolute atomic E-state index is 12.3. The summed E-state index contributed by atoms with van der Waals surface area (Å²) in [6, 6.07) is 17.7. The van der Waals surface area contributed by atoms with Crippen molar-refractivity contribution in [3.8, 4) is 5.75 Å². The van der Waals surface area contributed by atoms with E-state index in [0.29, 0.717) is 12.8 Å². The summed E-state index contributed by atoms with van der Waals surface area (Å²) in [5.74, 6) is 0.0367. The van der Waals surface area contributed by atoms with E-state index in [1.54, 1.807) is 7.11 Å². The number of piperidine rings is 1. The summed E-state index contributed by atoms with van der Waals surface area (Å²) in [5.41, 5.74) is 2.24. The molecule has 1 N–H and O–H groups in total. The average molecular weight is 431 g/mol. The molecule has 1 fully saturated rings. The largest absolute Gasteiger partial charge is 0.497 e. The highest BCUT2D eigenvalue weighted by atomic mass is 32.2. The first-order valence-corrected chi connectivity index (χ1v) is 12.2. The lowest BCUT2D eigenvalue weighted by atomic mass is 10.0. The molecule has 2 aromatic carbocycles. The maximum Gasteiger partial charge on any atom is 0.235 e. The van der Waals surface area contributed by atoms with E-state index in [2.05, 4.69) is 10.2 Å². The molecule has 1 heterocycles. The number of sulfone groups is 1. The van der Waals surface area contributed by atoms with E-state index >= 15 is 0 Å². The normalized spacial score (nSPS) is 15.0. The summed E-state index contributed by atoms with van der Waals surface area (Å²) < 4.78 is 29.8. The van der Waals surface area contributed by atoms with Gasteiger partial charge in [0, 0.05) is 24.8 Å². The van der Waals surface area contributed by atoms with E-state index < -0.39 is 21.5 Å². The van der Waals surface area contributed by atoms with Gasteiger partial charge in [0.1, 0.15) is 11.5 Å². The summed E-state index contributed by atoms with van der Waals surface area (Å²) in [4.78, 5) is 14.5. The van der Waals surface area contributed by atoms with Crippen molar-refractivity contribution in [2.24, 2.45) is 0 Å². The molecule has 0 bridgehead atoms. The molecule has 1 aliphatic rings. The van der Waals surface area contributed by atoms with Crippen molar-refractivity contribution in [2.45, 2.75) is 31.7 Å². The topological polar surface area (TPSA) is 75.7 Å². The first kappa shape index (κ1) is 22.2. The van der Waals surface area contributed by atoms with Crippen LogP contribution in [0.15, 0.2) is 54.6 Å². The molecule has 1 aliphatic heterocycles. The lowest BCUT2D eigenvalue weighted by Crippen LogP contribution is -2.46. The second kappa shape index (κ2) is 10.5. The van der Waals surface area contributed by atoms with Crippen LogP contribution in [0.5, 0.6) is 5.75 Å². The Hall–Kier alpha value is -2.54. The molecule has 1 saturated heterocycles. The molecule has 0 saturated carbocycles. The van der Waals surface area contributed by atoms with Gasteiger partial charge in [-0.3, -0.25) is 4.79 Å². The van der Waals surface area contributed by atoms with Crippen molar-refractivity contribution in [3.63, 3.8) is 0 Å². The van der Waals surface area contributed by atoms with Crippen LogP contribution >= 0.6 is 0 Å². The maximum atomic E-state index is 12.3. The molecular formula is C23H30N2O4S. The van der Waals surface area contributed by atoms with Gasteiger partial charge in [-0.2, -0.15) is 0 Å². The van der Waals surface area contributed by atoms with Gasteiger partial charge in [-0.25, -0.2) is 8.42 Å². The summed E-state index contributed by atoms with van der Waals surface area (Å²) in [7, 11) is -1.75. The zero-order valence-electron chi connectivity index (χ0n) is 17.4. The number of hydrogen-bond donors (Lipinski definition) is 1. The third-order valence-corrected chi connectivity index (χ3v) is 7.02. The highest BCUT2D eigenvalue weighted by Crippen LogP contribution is 2.22. The van der Waals surface area contributed by atoms with Crippen molar-refractivity contribution >= 4 is 21.4 Å². The van der Waals surface area contributed by atoms with Crippen LogP contribution < -0.4 is 15.0 Å². The van der Waals surface area contributed by atoms with E-state index in [9.17, 15) is 13.2 Å². The Kier molecular flexibility index (Phi) is 7.74. The van der Waals surface area contributed by atoms with Gasteiger partial charge in [0.15, 0.2) is 9.84 Å². The van der Waals surface area contributed by atoms with Crippen LogP contribution in [0, 0.1) is 0 Å². The Morgan fingerprint density at radius 3 is 2.37 bits per heavy atom. The second-order valence-corrected chi connectivity index (χ2v) is 9.89. The van der Waals surface area contributed by atoms with Crippen molar-refractivity contribution in [1.82, 2.24) is 5.32 Å². The quantitative estimate of drug-likeness (QED) is 0.662. The van der Waals surface area contributed by atoms with Crippen LogP contribution in [0.25, 0.3) is 0 Å². The Balaban J connectivity index is 1.39. The van der Waals surface area contributed by atoms with Gasteiger partial charge in [0.05, 0.1) is 12.9 Å². The first-order chi connectivity index (χ1) is 14.4. The van der Waals surface area contributed by atoms with Gasteiger partial charge in [-0.05, 0) is 55.5 Å². The third-order valence-electron chi connectivity index (χ3n) is 5.41. The molecule has 162 valence electrons. The molecule has 2 aromatic rings. The summed E-state index contributed by atoms with van der Waals surface area (Å²) in [6.45, 7) is 1.64. The van der Waals surface area contributed by atoms with Gasteiger partial charge < -0.3 is 15.0 Å². The number of benzene rings is 2. The Bertz CT molecular complexity index is 906. The minimum atomic E-state index is -3.40. The van der Waals surface area contributed by atoms with E-state index in [1.807, 2.05) is 54.6 Å². The number of amides is 1. The zero-order valence-corrected chi connectivity index (χ0v) is 18.2. The standard InChI is InChI=1S/C23H30N2O4S/c1-29-22-11-9-21(10-12-22)25-15-13-20(14-16-25)24-23(26)18-30(27,28)17-5-8-19-6-3-2-4-7-19/h2-4,6-7,9-12,20H,5,8,13-18H2,1H3,(H,24,26). The predicted octanol–water partition coefficient (Wildman–Crippen LogP) is 2.83. The molecule has 0 aliphatic carbocycles. The fourth-order valence-corrected chi connectivity index (χ4v) is 4.97. The van der Waals surface area contributed by atoms with Crippen LogP contribution in [0.4, 0.5) is 5.69 Å². The van der Waals surface area contributed by atoms with Crippen LogP contribution in [0.1, 0.15) is 24.8 Å². The van der Waals surface area contributed by atoms with Crippen molar-refractivity contribution in [1.29, 1.82) is 0 Å². The Morgan fingerprint density at radius 2 is 1.73 bits per heavy atom. The van der Waals surface area contributed by atoms with Gasteiger partial charge in [-0.15, -0.1) is 0 Å². The van der Waals surface area contributed by atoms with E-state index in [4.69, 9.17) is 4.74 Å². The highest BCUT2D eigenvalue weighted by Gasteiger charge is 2.23. The van der Waals surface area contributed by atoms with Crippen LogP contribution in [-0.4, -0.2) is 52.1 Å². The van der Waals surface area contributed by atoms with Gasteiger partial charge in [-0.1, -0.05) is 30.3 Å². The van der Waals surface area contributed by atoms with Crippen LogP contribution in [-0.2, 0) is 21.1 Å². The Labute approximate surface area is 179 Å². The zero-order chi connectivity index (χ0) is 21.4. The fourth-order valence-electron chi connectivity index (χ4n) is 3.76. The number of anilines is 1. The molecular weight excluding hydrogens is 400 g/mol. The molecule has 30 heavy (non-hydrogen) atoms. The van der Waals surface area contributed by atoms with Gasteiger partial charge in [0.25, 0.3) is 0 Å². The summed E-state index contributed by atoms with van der Waals surface area (Å²) in [6.07, 6.45) is 2.82. The number of carbonyl (C=O) groups excluding carboxylic acids is 1. The number of ether oxygens (including phenoxy) is 1. The van der Waals surface area contributed by atoms with Crippen molar-refractivity contribution < 1.29 is 17.9 Å². The molecule has 0 radical (unpaired) electrons. The second-order valence-electron chi connectivity index (χ2n) is 7.71. The third kappa shape index (κ3) is 6.76. The van der Waals surface area contributed by atoms with E-state index in [1.165, 1.54) is 0 Å². The molecule has 0 atom stereocenters. The monoisotopic (exact) mass is 430 g/mol. The van der Waals surface area contributed by atoms with Gasteiger partial charge in [0.2, 0.25) is 5.91 Å². The number of hydrogen-bond acceptors (Lipinski definition) is 5. The molecule has 7 heteroatoms. The van der Waals surface area contributed by atoms with Crippen LogP contribution in [0.3, 0.4) is 0 Å². The summed E-state index contributed by atoms with van der Waals surface area (Å²) >= 11 is 0. The number of methoxy groups -OCH3 is 1. The van der Waals surface area contributed by atoms with Crippen molar-refractivity contribution in [3.05, 3.63) is 60.2 Å². The molecule has 6 nitrogen and oxygen atoms in total. The summed E-state index contributed by atoms with van der Waals surface area (Å²) in [5, 5.41) is 2.91. The number of aryl methyl sites for hydroxylation is 1. The minimum absolute atomic E-state index is 0.0199. The number of nitrogens with zero attached hydrogens (tertiary/aromatic N) is 1. The lowest BCUT2D eigenvalue weighted by Gasteiger charge is -2.34. The molecule has 3 rings (SSSR count). The average Bonchev–Trinajstić information content (AvgIpc) is 2.74. The molecule has 1 amide bonds. The highest BCUT2D eigenvalue weighted by molar-refractivity contribution is 7.92. The minimum Gasteiger partial charge on any atom is -0.497 e. The van der Waals surface area contributed by atoms with E-state index in [-0.39, 0.29) is 11.8 Å². The van der Waals surface area contributed by atoms with Gasteiger partial charge >= 0.3 is 0 Å². The smallest absolute Gasteiger partial charge is 0.235 e. The Morgan fingerprint density at radius 1 is 1.07 bits per heavy atom. The number of nitrogens with one attached hydrogen (secondary N) is 1. The van der Waals surface area contributed by atoms with Crippen LogP contribution in [0.2, 0.25) is 0 Å². The molecule has 0 aromatic heterocycles. The predicted molar refractivity (Wildman–Crippen MR) is 120 cm³/mol. The molecule has 0 spiro atoms. The molecule has 0 unspecified atom stereocenters.